The van der Waals surface area contributed by atoms with E-state index in [1.807, 2.05) is 36.4 Å². The van der Waals surface area contributed by atoms with Crippen molar-refractivity contribution in [2.24, 2.45) is 0 Å². The van der Waals surface area contributed by atoms with E-state index in [1.165, 1.54) is 0 Å². The van der Waals surface area contributed by atoms with Gasteiger partial charge >= 0.3 is 0 Å². The van der Waals surface area contributed by atoms with Crippen molar-refractivity contribution >= 4 is 39.1 Å². The van der Waals surface area contributed by atoms with E-state index in [-0.39, 0.29) is 5.38 Å². The van der Waals surface area contributed by atoms with Crippen molar-refractivity contribution in [1.29, 1.82) is 0 Å². The smallest absolute Gasteiger partial charge is 0.161 e. The Kier molecular flexibility index (Phi) is 5.80. The number of rotatable bonds is 5. The Morgan fingerprint density at radius 1 is 1.10 bits per heavy atom. The molecule has 0 amide bonds. The van der Waals surface area contributed by atoms with E-state index in [1.54, 1.807) is 14.2 Å². The Bertz CT molecular complexity index is 632. The second-order valence-electron chi connectivity index (χ2n) is 4.49. The molecule has 2 rings (SSSR count). The zero-order valence-corrected chi connectivity index (χ0v) is 14.8. The van der Waals surface area contributed by atoms with Gasteiger partial charge in [-0.1, -0.05) is 45.7 Å². The molecule has 0 saturated carbocycles. The van der Waals surface area contributed by atoms with Crippen LogP contribution in [0, 0.1) is 0 Å². The SMILES string of the molecule is COc1cc(Br)c(C(Cl)Cc2ccccc2Cl)cc1OC. The molecular formula is C16H15BrCl2O2. The molecule has 0 aliphatic heterocycles. The molecule has 0 aliphatic carbocycles. The van der Waals surface area contributed by atoms with E-state index < -0.39 is 0 Å². The molecule has 2 aromatic rings. The predicted octanol–water partition coefficient (Wildman–Crippen LogP) is 5.64. The van der Waals surface area contributed by atoms with Crippen LogP contribution in [0.25, 0.3) is 0 Å². The highest BCUT2D eigenvalue weighted by Gasteiger charge is 2.17. The summed E-state index contributed by atoms with van der Waals surface area (Å²) in [4.78, 5) is 0. The first-order valence-corrected chi connectivity index (χ1v) is 7.96. The van der Waals surface area contributed by atoms with Crippen molar-refractivity contribution in [2.45, 2.75) is 11.8 Å². The van der Waals surface area contributed by atoms with Gasteiger partial charge in [-0.2, -0.15) is 0 Å². The van der Waals surface area contributed by atoms with Crippen LogP contribution in [-0.2, 0) is 6.42 Å². The minimum atomic E-state index is -0.223. The van der Waals surface area contributed by atoms with Crippen LogP contribution in [-0.4, -0.2) is 14.2 Å². The van der Waals surface area contributed by atoms with Crippen LogP contribution in [0.5, 0.6) is 11.5 Å². The maximum Gasteiger partial charge on any atom is 0.161 e. The van der Waals surface area contributed by atoms with E-state index in [9.17, 15) is 0 Å². The first-order valence-electron chi connectivity index (χ1n) is 6.35. The third-order valence-electron chi connectivity index (χ3n) is 3.20. The summed E-state index contributed by atoms with van der Waals surface area (Å²) in [6.45, 7) is 0. The summed E-state index contributed by atoms with van der Waals surface area (Å²) in [5, 5.41) is 0.499. The van der Waals surface area contributed by atoms with E-state index >= 15 is 0 Å². The van der Waals surface area contributed by atoms with Gasteiger partial charge in [0.15, 0.2) is 11.5 Å². The molecule has 0 fully saturated rings. The van der Waals surface area contributed by atoms with Gasteiger partial charge in [0.2, 0.25) is 0 Å². The summed E-state index contributed by atoms with van der Waals surface area (Å²) >= 11 is 16.3. The minimum absolute atomic E-state index is 0.223. The lowest BCUT2D eigenvalue weighted by molar-refractivity contribution is 0.354. The molecule has 21 heavy (non-hydrogen) atoms. The van der Waals surface area contributed by atoms with Gasteiger partial charge in [0.05, 0.1) is 19.6 Å². The van der Waals surface area contributed by atoms with Gasteiger partial charge < -0.3 is 9.47 Å². The minimum Gasteiger partial charge on any atom is -0.493 e. The lowest BCUT2D eigenvalue weighted by atomic mass is 10.0. The van der Waals surface area contributed by atoms with E-state index in [4.69, 9.17) is 32.7 Å². The van der Waals surface area contributed by atoms with E-state index in [2.05, 4.69) is 15.9 Å². The maximum atomic E-state index is 6.56. The zero-order chi connectivity index (χ0) is 15.4. The molecule has 0 N–H and O–H groups in total. The first kappa shape index (κ1) is 16.5. The number of benzene rings is 2. The standard InChI is InChI=1S/C16H15BrCl2O2/c1-20-15-8-11(12(17)9-16(15)21-2)14(19)7-10-5-3-4-6-13(10)18/h3-6,8-9,14H,7H2,1-2H3. The predicted molar refractivity (Wildman–Crippen MR) is 91.0 cm³/mol. The first-order chi connectivity index (χ1) is 10.1. The number of methoxy groups -OCH3 is 2. The Morgan fingerprint density at radius 2 is 1.71 bits per heavy atom. The molecule has 0 radical (unpaired) electrons. The Hall–Kier alpha value is -0.900. The Labute approximate surface area is 143 Å². The van der Waals surface area contributed by atoms with Crippen molar-refractivity contribution in [2.75, 3.05) is 14.2 Å². The van der Waals surface area contributed by atoms with Crippen LogP contribution in [0.1, 0.15) is 16.5 Å². The summed E-state index contributed by atoms with van der Waals surface area (Å²) in [6, 6.07) is 11.4. The molecular weight excluding hydrogens is 375 g/mol. The lowest BCUT2D eigenvalue weighted by Crippen LogP contribution is -2.00. The van der Waals surface area contributed by atoms with Crippen molar-refractivity contribution in [3.8, 4) is 11.5 Å². The summed E-state index contributed by atoms with van der Waals surface area (Å²) in [5.74, 6) is 1.32. The molecule has 5 heteroatoms. The second kappa shape index (κ2) is 7.39. The van der Waals surface area contributed by atoms with E-state index in [0.29, 0.717) is 17.9 Å². The van der Waals surface area contributed by atoms with Gasteiger partial charge in [-0.05, 0) is 35.7 Å². The maximum absolute atomic E-state index is 6.56. The van der Waals surface area contributed by atoms with Crippen molar-refractivity contribution < 1.29 is 9.47 Å². The van der Waals surface area contributed by atoms with Crippen LogP contribution in [0.2, 0.25) is 5.02 Å². The van der Waals surface area contributed by atoms with Gasteiger partial charge in [-0.25, -0.2) is 0 Å². The fraction of sp³-hybridized carbons (Fsp3) is 0.250. The number of ether oxygens (including phenoxy) is 2. The third kappa shape index (κ3) is 3.85. The molecule has 0 aromatic heterocycles. The summed E-state index contributed by atoms with van der Waals surface area (Å²) in [7, 11) is 3.21. The van der Waals surface area contributed by atoms with Crippen LogP contribution < -0.4 is 9.47 Å². The zero-order valence-electron chi connectivity index (χ0n) is 11.7. The van der Waals surface area contributed by atoms with Gasteiger partial charge in [0.1, 0.15) is 0 Å². The summed E-state index contributed by atoms with van der Waals surface area (Å²) in [6.07, 6.45) is 0.634. The largest absolute Gasteiger partial charge is 0.493 e. The number of hydrogen-bond acceptors (Lipinski definition) is 2. The fourth-order valence-corrected chi connectivity index (χ4v) is 3.37. The number of hydrogen-bond donors (Lipinski definition) is 0. The van der Waals surface area contributed by atoms with Crippen LogP contribution in [0.3, 0.4) is 0 Å². The normalized spacial score (nSPS) is 12.0. The average molecular weight is 390 g/mol. The molecule has 1 unspecified atom stereocenters. The summed E-state index contributed by atoms with van der Waals surface area (Å²) < 4.78 is 11.5. The summed E-state index contributed by atoms with van der Waals surface area (Å²) in [5.41, 5.74) is 1.95. The monoisotopic (exact) mass is 388 g/mol. The molecule has 1 atom stereocenters. The topological polar surface area (TPSA) is 18.5 Å². The van der Waals surface area contributed by atoms with Crippen molar-refractivity contribution in [3.63, 3.8) is 0 Å². The molecule has 0 heterocycles. The molecule has 0 saturated heterocycles. The average Bonchev–Trinajstić information content (AvgIpc) is 2.49. The highest BCUT2D eigenvalue weighted by molar-refractivity contribution is 9.10. The molecule has 2 aromatic carbocycles. The number of alkyl halides is 1. The van der Waals surface area contributed by atoms with Gasteiger partial charge in [-0.3, -0.25) is 0 Å². The fourth-order valence-electron chi connectivity index (χ4n) is 2.08. The second-order valence-corrected chi connectivity index (χ2v) is 6.28. The number of halogens is 3. The third-order valence-corrected chi connectivity index (χ3v) is 4.64. The van der Waals surface area contributed by atoms with Crippen LogP contribution in [0.15, 0.2) is 40.9 Å². The highest BCUT2D eigenvalue weighted by atomic mass is 79.9. The molecule has 0 aliphatic rings. The van der Waals surface area contributed by atoms with Crippen LogP contribution >= 0.6 is 39.1 Å². The molecule has 2 nitrogen and oxygen atoms in total. The van der Waals surface area contributed by atoms with E-state index in [0.717, 1.165) is 20.6 Å². The highest BCUT2D eigenvalue weighted by Crippen LogP contribution is 2.39. The molecule has 0 bridgehead atoms. The Balaban J connectivity index is 2.31. The molecule has 0 spiro atoms. The van der Waals surface area contributed by atoms with Crippen molar-refractivity contribution in [3.05, 3.63) is 57.0 Å². The van der Waals surface area contributed by atoms with Gasteiger partial charge in [0.25, 0.3) is 0 Å². The van der Waals surface area contributed by atoms with Gasteiger partial charge in [-0.15, -0.1) is 11.6 Å². The molecule has 112 valence electrons. The van der Waals surface area contributed by atoms with Crippen LogP contribution in [0.4, 0.5) is 0 Å². The van der Waals surface area contributed by atoms with Gasteiger partial charge in [0, 0.05) is 9.50 Å². The quantitative estimate of drug-likeness (QED) is 0.615. The lowest BCUT2D eigenvalue weighted by Gasteiger charge is -2.16. The van der Waals surface area contributed by atoms with Crippen molar-refractivity contribution in [1.82, 2.24) is 0 Å². The Morgan fingerprint density at radius 3 is 2.33 bits per heavy atom.